The number of thiophene rings is 1. The molecule has 0 bridgehead atoms. The molecule has 21 heavy (non-hydrogen) atoms. The van der Waals surface area contributed by atoms with Crippen molar-refractivity contribution in [3.8, 4) is 0 Å². The number of nitrogens with one attached hydrogen (secondary N) is 1. The molecule has 0 aliphatic rings. The van der Waals surface area contributed by atoms with Crippen LogP contribution in [0.15, 0.2) is 18.2 Å². The van der Waals surface area contributed by atoms with Crippen LogP contribution in [0.5, 0.6) is 0 Å². The summed E-state index contributed by atoms with van der Waals surface area (Å²) >= 11 is 1.40. The highest BCUT2D eigenvalue weighted by Crippen LogP contribution is 2.35. The van der Waals surface area contributed by atoms with Gasteiger partial charge in [0.05, 0.1) is 18.3 Å². The molecule has 2 rings (SSSR count). The van der Waals surface area contributed by atoms with E-state index in [-0.39, 0.29) is 18.6 Å². The number of ether oxygens (including phenoxy) is 1. The van der Waals surface area contributed by atoms with Gasteiger partial charge in [0.2, 0.25) is 0 Å². The van der Waals surface area contributed by atoms with Crippen molar-refractivity contribution in [1.29, 1.82) is 0 Å². The summed E-state index contributed by atoms with van der Waals surface area (Å²) in [7, 11) is 1.56. The third-order valence-corrected chi connectivity index (χ3v) is 4.69. The Hall–Kier alpha value is -1.63. The van der Waals surface area contributed by atoms with Crippen molar-refractivity contribution in [1.82, 2.24) is 5.32 Å². The van der Waals surface area contributed by atoms with Crippen molar-refractivity contribution < 1.29 is 14.6 Å². The predicted molar refractivity (Wildman–Crippen MR) is 85.8 cm³/mol. The number of benzene rings is 1. The maximum absolute atomic E-state index is 12.4. The summed E-state index contributed by atoms with van der Waals surface area (Å²) < 4.78 is 6.08. The number of fused-ring (bicyclic) bond motifs is 1. The highest BCUT2D eigenvalue weighted by atomic mass is 32.1. The average molecular weight is 308 g/mol. The van der Waals surface area contributed by atoms with E-state index in [0.29, 0.717) is 23.6 Å². The van der Waals surface area contributed by atoms with Crippen molar-refractivity contribution in [2.75, 3.05) is 26.1 Å². The second-order valence-corrected chi connectivity index (χ2v) is 5.96. The summed E-state index contributed by atoms with van der Waals surface area (Å²) in [5.41, 5.74) is 7.72. The normalized spacial score (nSPS) is 12.5. The number of carbonyl (C=O) groups excluding carboxylic acids is 1. The Morgan fingerprint density at radius 2 is 2.29 bits per heavy atom. The van der Waals surface area contributed by atoms with E-state index in [0.717, 1.165) is 15.6 Å². The molecule has 5 nitrogen and oxygen atoms in total. The Morgan fingerprint density at radius 1 is 1.52 bits per heavy atom. The van der Waals surface area contributed by atoms with Gasteiger partial charge in [0.25, 0.3) is 5.91 Å². The Balaban J connectivity index is 2.27. The minimum Gasteiger partial charge on any atom is -0.397 e. The number of aliphatic hydroxyl groups is 1. The Kier molecular flexibility index (Phi) is 5.17. The highest BCUT2D eigenvalue weighted by molar-refractivity contribution is 7.21. The fourth-order valence-corrected chi connectivity index (χ4v) is 3.35. The first-order valence-electron chi connectivity index (χ1n) is 6.76. The van der Waals surface area contributed by atoms with Crippen molar-refractivity contribution in [2.45, 2.75) is 19.4 Å². The smallest absolute Gasteiger partial charge is 0.263 e. The summed E-state index contributed by atoms with van der Waals surface area (Å²) in [6.07, 6.45) is 0.448. The number of anilines is 1. The van der Waals surface area contributed by atoms with E-state index in [1.54, 1.807) is 7.11 Å². The van der Waals surface area contributed by atoms with Gasteiger partial charge in [-0.25, -0.2) is 0 Å². The van der Waals surface area contributed by atoms with Crippen LogP contribution >= 0.6 is 11.3 Å². The maximum atomic E-state index is 12.4. The zero-order valence-corrected chi connectivity index (χ0v) is 13.0. The van der Waals surface area contributed by atoms with E-state index in [1.165, 1.54) is 11.3 Å². The van der Waals surface area contributed by atoms with Crippen LogP contribution in [0.4, 0.5) is 5.69 Å². The van der Waals surface area contributed by atoms with E-state index < -0.39 is 0 Å². The van der Waals surface area contributed by atoms with Crippen LogP contribution < -0.4 is 11.1 Å². The first kappa shape index (κ1) is 15.8. The molecular weight excluding hydrogens is 288 g/mol. The van der Waals surface area contributed by atoms with Crippen LogP contribution in [-0.4, -0.2) is 37.4 Å². The quantitative estimate of drug-likeness (QED) is 0.761. The lowest BCUT2D eigenvalue weighted by Crippen LogP contribution is -2.38. The van der Waals surface area contributed by atoms with E-state index in [9.17, 15) is 4.79 Å². The molecule has 1 heterocycles. The Morgan fingerprint density at radius 3 is 2.90 bits per heavy atom. The molecule has 1 atom stereocenters. The van der Waals surface area contributed by atoms with Gasteiger partial charge >= 0.3 is 0 Å². The molecule has 2 aromatic rings. The average Bonchev–Trinajstić information content (AvgIpc) is 2.79. The molecule has 0 saturated carbocycles. The van der Waals surface area contributed by atoms with Gasteiger partial charge in [-0.05, 0) is 18.9 Å². The Labute approximate surface area is 127 Å². The van der Waals surface area contributed by atoms with Gasteiger partial charge in [-0.3, -0.25) is 4.79 Å². The minimum absolute atomic E-state index is 0.00465. The van der Waals surface area contributed by atoms with Crippen LogP contribution in [0.2, 0.25) is 0 Å². The number of aryl methyl sites for hydroxylation is 1. The molecule has 6 heteroatoms. The second-order valence-electron chi connectivity index (χ2n) is 4.93. The number of aliphatic hydroxyl groups excluding tert-OH is 1. The lowest BCUT2D eigenvalue weighted by atomic mass is 10.1. The molecule has 0 radical (unpaired) electrons. The zero-order valence-electron chi connectivity index (χ0n) is 12.2. The number of methoxy groups -OCH3 is 1. The van der Waals surface area contributed by atoms with Gasteiger partial charge in [0, 0.05) is 23.8 Å². The van der Waals surface area contributed by atoms with Gasteiger partial charge in [-0.15, -0.1) is 11.3 Å². The van der Waals surface area contributed by atoms with Crippen LogP contribution in [0.1, 0.15) is 21.7 Å². The van der Waals surface area contributed by atoms with Crippen molar-refractivity contribution in [3.63, 3.8) is 0 Å². The number of nitrogen functional groups attached to an aromatic ring is 1. The highest BCUT2D eigenvalue weighted by Gasteiger charge is 2.20. The van der Waals surface area contributed by atoms with Crippen LogP contribution in [0, 0.1) is 6.92 Å². The molecule has 1 aromatic carbocycles. The topological polar surface area (TPSA) is 84.6 Å². The first-order valence-corrected chi connectivity index (χ1v) is 7.58. The molecular formula is C15H20N2O3S. The van der Waals surface area contributed by atoms with Crippen molar-refractivity contribution in [3.05, 3.63) is 28.6 Å². The minimum atomic E-state index is -0.224. The number of nitrogens with two attached hydrogens (primary N) is 1. The van der Waals surface area contributed by atoms with E-state index in [4.69, 9.17) is 15.6 Å². The van der Waals surface area contributed by atoms with Gasteiger partial charge in [-0.1, -0.05) is 18.2 Å². The molecule has 1 unspecified atom stereocenters. The first-order chi connectivity index (χ1) is 10.1. The van der Waals surface area contributed by atoms with E-state index in [2.05, 4.69) is 5.32 Å². The summed E-state index contributed by atoms with van der Waals surface area (Å²) in [5.74, 6) is -0.219. The molecule has 0 fully saturated rings. The molecule has 114 valence electrons. The second kappa shape index (κ2) is 6.89. The van der Waals surface area contributed by atoms with E-state index >= 15 is 0 Å². The summed E-state index contributed by atoms with van der Waals surface area (Å²) in [5, 5.41) is 12.8. The van der Waals surface area contributed by atoms with E-state index in [1.807, 2.05) is 25.1 Å². The van der Waals surface area contributed by atoms with Crippen LogP contribution in [0.3, 0.4) is 0 Å². The van der Waals surface area contributed by atoms with Gasteiger partial charge in [0.15, 0.2) is 0 Å². The fraction of sp³-hybridized carbons (Fsp3) is 0.400. The molecule has 1 aromatic heterocycles. The van der Waals surface area contributed by atoms with Gasteiger partial charge in [-0.2, -0.15) is 0 Å². The summed E-state index contributed by atoms with van der Waals surface area (Å²) in [6.45, 7) is 2.35. The Bertz CT molecular complexity index is 633. The number of amides is 1. The van der Waals surface area contributed by atoms with Crippen molar-refractivity contribution >= 4 is 33.0 Å². The van der Waals surface area contributed by atoms with Crippen LogP contribution in [0.25, 0.3) is 10.1 Å². The van der Waals surface area contributed by atoms with Gasteiger partial charge in [0.1, 0.15) is 4.88 Å². The maximum Gasteiger partial charge on any atom is 0.263 e. The summed E-state index contributed by atoms with van der Waals surface area (Å²) in [4.78, 5) is 12.9. The lowest BCUT2D eigenvalue weighted by molar-refractivity contribution is 0.0883. The molecule has 0 spiro atoms. The standard InChI is InChI=1S/C15H20N2O3S/c1-9-4-3-5-11-12(16)14(21-13(9)11)15(19)17-10(6-7-18)8-20-2/h3-5,10,18H,6-8,16H2,1-2H3,(H,17,19). The van der Waals surface area contributed by atoms with Crippen LogP contribution in [-0.2, 0) is 4.74 Å². The third-order valence-electron chi connectivity index (χ3n) is 3.34. The lowest BCUT2D eigenvalue weighted by Gasteiger charge is -2.16. The fourth-order valence-electron chi connectivity index (χ4n) is 2.25. The molecule has 0 aliphatic heterocycles. The largest absolute Gasteiger partial charge is 0.397 e. The molecule has 4 N–H and O–H groups in total. The number of carbonyl (C=O) groups is 1. The third kappa shape index (κ3) is 3.34. The predicted octanol–water partition coefficient (Wildman–Crippen LogP) is 1.92. The summed E-state index contributed by atoms with van der Waals surface area (Å²) in [6, 6.07) is 5.63. The molecule has 1 amide bonds. The number of rotatable bonds is 6. The number of hydrogen-bond donors (Lipinski definition) is 3. The SMILES string of the molecule is COCC(CCO)NC(=O)c1sc2c(C)cccc2c1N. The monoisotopic (exact) mass is 308 g/mol. The van der Waals surface area contributed by atoms with Crippen molar-refractivity contribution in [2.24, 2.45) is 0 Å². The molecule has 0 saturated heterocycles. The zero-order chi connectivity index (χ0) is 15.4. The molecule has 0 aliphatic carbocycles. The number of hydrogen-bond acceptors (Lipinski definition) is 5. The van der Waals surface area contributed by atoms with Gasteiger partial charge < -0.3 is 20.9 Å².